The minimum absolute atomic E-state index is 0.0966. The number of nitrogens with zero attached hydrogens (tertiary/aromatic N) is 1. The molecule has 158 valence electrons. The van der Waals surface area contributed by atoms with E-state index in [-0.39, 0.29) is 34.8 Å². The highest BCUT2D eigenvalue weighted by Gasteiger charge is 2.34. The van der Waals surface area contributed by atoms with Crippen molar-refractivity contribution in [3.05, 3.63) is 52.6 Å². The highest BCUT2D eigenvalue weighted by atomic mass is 19.3. The SMILES string of the molecule is O=C(O)c1cc(Oc2cc(F)c(C(=O)N3CCC3)c(F)c2)c2c(c1)OC(C(F)F)C2. The highest BCUT2D eigenvalue weighted by molar-refractivity contribution is 5.95. The smallest absolute Gasteiger partial charge is 0.335 e. The topological polar surface area (TPSA) is 76.1 Å². The second-order valence-electron chi connectivity index (χ2n) is 6.96. The first-order valence-corrected chi connectivity index (χ1v) is 9.05. The van der Waals surface area contributed by atoms with Crippen molar-refractivity contribution in [2.45, 2.75) is 25.4 Å². The molecule has 0 aliphatic carbocycles. The Hall–Kier alpha value is -3.30. The number of aromatic carboxylic acids is 1. The summed E-state index contributed by atoms with van der Waals surface area (Å²) in [5, 5.41) is 9.23. The van der Waals surface area contributed by atoms with Gasteiger partial charge < -0.3 is 19.5 Å². The van der Waals surface area contributed by atoms with Crippen molar-refractivity contribution in [1.82, 2.24) is 4.90 Å². The number of hydrogen-bond acceptors (Lipinski definition) is 4. The van der Waals surface area contributed by atoms with Crippen LogP contribution in [0.1, 0.15) is 32.7 Å². The number of fused-ring (bicyclic) bond motifs is 1. The van der Waals surface area contributed by atoms with Crippen LogP contribution in [-0.2, 0) is 6.42 Å². The molecule has 2 aliphatic rings. The zero-order valence-corrected chi connectivity index (χ0v) is 15.3. The predicted octanol–water partition coefficient (Wildman–Crippen LogP) is 3.87. The molecule has 1 N–H and O–H groups in total. The summed E-state index contributed by atoms with van der Waals surface area (Å²) >= 11 is 0. The van der Waals surface area contributed by atoms with Crippen LogP contribution in [0.25, 0.3) is 0 Å². The molecule has 2 aromatic rings. The van der Waals surface area contributed by atoms with Gasteiger partial charge in [-0.05, 0) is 18.6 Å². The Morgan fingerprint density at radius 3 is 2.33 bits per heavy atom. The molecular weight excluding hydrogens is 410 g/mol. The zero-order chi connectivity index (χ0) is 21.6. The summed E-state index contributed by atoms with van der Waals surface area (Å²) in [6, 6.07) is 3.73. The van der Waals surface area contributed by atoms with Gasteiger partial charge in [0.25, 0.3) is 12.3 Å². The fraction of sp³-hybridized carbons (Fsp3) is 0.300. The lowest BCUT2D eigenvalue weighted by Gasteiger charge is -2.31. The van der Waals surface area contributed by atoms with E-state index in [4.69, 9.17) is 9.47 Å². The highest BCUT2D eigenvalue weighted by Crippen LogP contribution is 2.41. The summed E-state index contributed by atoms with van der Waals surface area (Å²) in [7, 11) is 0. The van der Waals surface area contributed by atoms with Gasteiger partial charge in [-0.15, -0.1) is 0 Å². The van der Waals surface area contributed by atoms with E-state index in [0.29, 0.717) is 13.1 Å². The van der Waals surface area contributed by atoms with Crippen molar-refractivity contribution in [3.8, 4) is 17.2 Å². The third kappa shape index (κ3) is 3.53. The van der Waals surface area contributed by atoms with Crippen molar-refractivity contribution < 1.29 is 41.7 Å². The molecule has 30 heavy (non-hydrogen) atoms. The molecule has 4 rings (SSSR count). The molecule has 1 amide bonds. The Balaban J connectivity index is 1.68. The number of amides is 1. The number of halogens is 4. The molecule has 0 spiro atoms. The fourth-order valence-electron chi connectivity index (χ4n) is 3.30. The Bertz CT molecular complexity index is 1020. The molecule has 2 aliphatic heterocycles. The van der Waals surface area contributed by atoms with E-state index < -0.39 is 41.6 Å². The van der Waals surface area contributed by atoms with Crippen LogP contribution in [0.15, 0.2) is 24.3 Å². The van der Waals surface area contributed by atoms with Gasteiger partial charge in [-0.25, -0.2) is 22.4 Å². The summed E-state index contributed by atoms with van der Waals surface area (Å²) in [5.74, 6) is -5.04. The van der Waals surface area contributed by atoms with Crippen LogP contribution in [0.3, 0.4) is 0 Å². The van der Waals surface area contributed by atoms with Gasteiger partial charge in [-0.2, -0.15) is 0 Å². The Morgan fingerprint density at radius 2 is 1.80 bits per heavy atom. The third-order valence-corrected chi connectivity index (χ3v) is 4.98. The van der Waals surface area contributed by atoms with Crippen molar-refractivity contribution in [2.75, 3.05) is 13.1 Å². The lowest BCUT2D eigenvalue weighted by atomic mass is 10.1. The number of rotatable bonds is 5. The van der Waals surface area contributed by atoms with Gasteiger partial charge in [0.1, 0.15) is 34.4 Å². The monoisotopic (exact) mass is 425 g/mol. The predicted molar refractivity (Wildman–Crippen MR) is 94.5 cm³/mol. The minimum atomic E-state index is -2.82. The number of carbonyl (C=O) groups excluding carboxylic acids is 1. The van der Waals surface area contributed by atoms with Gasteiger partial charge in [0.15, 0.2) is 6.10 Å². The standard InChI is InChI=1S/C20H15F4NO5/c21-12-6-10(7-13(22)17(12)19(26)25-2-1-3-25)29-14-4-9(20(27)28)5-15-11(14)8-16(30-15)18(23)24/h4-7,16,18H,1-3,8H2,(H,27,28). The van der Waals surface area contributed by atoms with E-state index in [1.54, 1.807) is 0 Å². The van der Waals surface area contributed by atoms with Crippen LogP contribution >= 0.6 is 0 Å². The Kier molecular flexibility index (Phi) is 5.00. The zero-order valence-electron chi connectivity index (χ0n) is 15.3. The second-order valence-corrected chi connectivity index (χ2v) is 6.96. The molecule has 2 heterocycles. The number of carboxylic acid groups (broad SMARTS) is 1. The summed E-state index contributed by atoms with van der Waals surface area (Å²) in [6.07, 6.45) is -3.82. The average Bonchev–Trinajstić information content (AvgIpc) is 3.04. The van der Waals surface area contributed by atoms with Crippen molar-refractivity contribution in [2.24, 2.45) is 0 Å². The number of benzene rings is 2. The molecule has 0 aromatic heterocycles. The minimum Gasteiger partial charge on any atom is -0.484 e. The maximum Gasteiger partial charge on any atom is 0.335 e. The van der Waals surface area contributed by atoms with E-state index >= 15 is 0 Å². The summed E-state index contributed by atoms with van der Waals surface area (Å²) in [4.78, 5) is 24.8. The van der Waals surface area contributed by atoms with Crippen molar-refractivity contribution in [3.63, 3.8) is 0 Å². The summed E-state index contributed by atoms with van der Waals surface area (Å²) in [6.45, 7) is 0.824. The maximum absolute atomic E-state index is 14.4. The molecule has 1 unspecified atom stereocenters. The lowest BCUT2D eigenvalue weighted by molar-refractivity contribution is 0.0245. The van der Waals surface area contributed by atoms with E-state index in [1.165, 1.54) is 4.90 Å². The maximum atomic E-state index is 14.4. The molecule has 6 nitrogen and oxygen atoms in total. The molecule has 10 heteroatoms. The van der Waals surface area contributed by atoms with E-state index in [0.717, 1.165) is 30.7 Å². The average molecular weight is 425 g/mol. The molecule has 1 atom stereocenters. The van der Waals surface area contributed by atoms with Crippen LogP contribution in [0.4, 0.5) is 17.6 Å². The molecule has 1 saturated heterocycles. The number of hydrogen-bond donors (Lipinski definition) is 1. The van der Waals surface area contributed by atoms with Gasteiger partial charge in [0.05, 0.1) is 5.56 Å². The molecule has 0 radical (unpaired) electrons. The summed E-state index contributed by atoms with van der Waals surface area (Å²) in [5.41, 5.74) is -0.858. The van der Waals surface area contributed by atoms with Crippen molar-refractivity contribution >= 4 is 11.9 Å². The number of carbonyl (C=O) groups is 2. The molecule has 0 saturated carbocycles. The third-order valence-electron chi connectivity index (χ3n) is 4.98. The first-order valence-electron chi connectivity index (χ1n) is 9.05. The van der Waals surface area contributed by atoms with E-state index in [9.17, 15) is 32.3 Å². The number of alkyl halides is 2. The molecule has 2 aromatic carbocycles. The summed E-state index contributed by atoms with van der Waals surface area (Å²) < 4.78 is 65.5. The normalized spacial score (nSPS) is 17.4. The Morgan fingerprint density at radius 1 is 1.13 bits per heavy atom. The quantitative estimate of drug-likeness (QED) is 0.737. The first kappa shape index (κ1) is 20.0. The largest absolute Gasteiger partial charge is 0.484 e. The number of likely N-dealkylation sites (tertiary alicyclic amines) is 1. The second kappa shape index (κ2) is 7.51. The molecule has 0 bridgehead atoms. The number of ether oxygens (including phenoxy) is 2. The molecule has 1 fully saturated rings. The van der Waals surface area contributed by atoms with Crippen molar-refractivity contribution in [1.29, 1.82) is 0 Å². The van der Waals surface area contributed by atoms with Gasteiger partial charge in [0, 0.05) is 37.2 Å². The Labute approximate surface area is 167 Å². The van der Waals surface area contributed by atoms with Crippen LogP contribution in [0.2, 0.25) is 0 Å². The lowest BCUT2D eigenvalue weighted by Crippen LogP contribution is -2.42. The van der Waals surface area contributed by atoms with Crippen LogP contribution in [0, 0.1) is 11.6 Å². The van der Waals surface area contributed by atoms with Crippen LogP contribution < -0.4 is 9.47 Å². The first-order chi connectivity index (χ1) is 14.2. The van der Waals surface area contributed by atoms with Gasteiger partial charge in [-0.1, -0.05) is 0 Å². The van der Waals surface area contributed by atoms with E-state index in [2.05, 4.69) is 0 Å². The van der Waals surface area contributed by atoms with Gasteiger partial charge >= 0.3 is 5.97 Å². The number of carboxylic acids is 1. The van der Waals surface area contributed by atoms with E-state index in [1.807, 2.05) is 0 Å². The molecular formula is C20H15F4NO5. The van der Waals surface area contributed by atoms with Crippen LogP contribution in [0.5, 0.6) is 17.2 Å². The fourth-order valence-corrected chi connectivity index (χ4v) is 3.30. The van der Waals surface area contributed by atoms with Gasteiger partial charge in [0.2, 0.25) is 0 Å². The van der Waals surface area contributed by atoms with Gasteiger partial charge in [-0.3, -0.25) is 4.79 Å². The van der Waals surface area contributed by atoms with Crippen LogP contribution in [-0.4, -0.2) is 47.5 Å².